The van der Waals surface area contributed by atoms with Gasteiger partial charge in [0.2, 0.25) is 0 Å². The van der Waals surface area contributed by atoms with E-state index < -0.39 is 11.8 Å². The number of amides is 2. The smallest absolute Gasteiger partial charge is 0.269 e. The van der Waals surface area contributed by atoms with Crippen LogP contribution in [0.5, 0.6) is 5.75 Å². The SMILES string of the molecule is CCCCc1c(C(N)=O)nn(-c2cccnc2)c1-c1ccc(OCC(N)=O)cn1. The summed E-state index contributed by atoms with van der Waals surface area (Å²) in [6, 6.07) is 7.03. The van der Waals surface area contributed by atoms with Crippen molar-refractivity contribution in [2.45, 2.75) is 26.2 Å². The fraction of sp³-hybridized carbons (Fsp3) is 0.250. The maximum atomic E-state index is 12.1. The van der Waals surface area contributed by atoms with Gasteiger partial charge in [0, 0.05) is 11.8 Å². The third kappa shape index (κ3) is 4.57. The van der Waals surface area contributed by atoms with E-state index in [9.17, 15) is 9.59 Å². The molecule has 150 valence electrons. The molecule has 0 bridgehead atoms. The number of rotatable bonds is 9. The minimum Gasteiger partial charge on any atom is -0.482 e. The number of unbranched alkanes of at least 4 members (excludes halogenated alkanes) is 1. The first kappa shape index (κ1) is 20.0. The van der Waals surface area contributed by atoms with Crippen LogP contribution in [0.4, 0.5) is 0 Å². The Morgan fingerprint density at radius 2 is 2.00 bits per heavy atom. The summed E-state index contributed by atoms with van der Waals surface area (Å²) in [5.74, 6) is -0.761. The van der Waals surface area contributed by atoms with Crippen LogP contribution in [0.15, 0.2) is 42.9 Å². The molecule has 3 heterocycles. The van der Waals surface area contributed by atoms with E-state index >= 15 is 0 Å². The van der Waals surface area contributed by atoms with Crippen molar-refractivity contribution in [1.82, 2.24) is 19.7 Å². The van der Waals surface area contributed by atoms with Crippen LogP contribution in [0.2, 0.25) is 0 Å². The molecule has 0 fully saturated rings. The van der Waals surface area contributed by atoms with Crippen molar-refractivity contribution in [2.24, 2.45) is 11.5 Å². The Bertz CT molecular complexity index is 999. The number of aromatic nitrogens is 4. The number of carbonyl (C=O) groups is 2. The maximum Gasteiger partial charge on any atom is 0.269 e. The molecule has 0 radical (unpaired) electrons. The van der Waals surface area contributed by atoms with Gasteiger partial charge in [0.25, 0.3) is 11.8 Å². The second kappa shape index (κ2) is 8.96. The van der Waals surface area contributed by atoms with Crippen molar-refractivity contribution in [2.75, 3.05) is 6.61 Å². The Hall–Kier alpha value is -3.75. The monoisotopic (exact) mass is 394 g/mol. The van der Waals surface area contributed by atoms with Crippen LogP contribution in [-0.4, -0.2) is 38.2 Å². The van der Waals surface area contributed by atoms with Gasteiger partial charge in [-0.25, -0.2) is 4.68 Å². The zero-order chi connectivity index (χ0) is 20.8. The third-order valence-corrected chi connectivity index (χ3v) is 4.25. The molecule has 0 atom stereocenters. The zero-order valence-electron chi connectivity index (χ0n) is 16.0. The van der Waals surface area contributed by atoms with E-state index in [1.807, 2.05) is 6.07 Å². The summed E-state index contributed by atoms with van der Waals surface area (Å²) in [4.78, 5) is 31.5. The second-order valence-electron chi connectivity index (χ2n) is 6.40. The predicted octanol–water partition coefficient (Wildman–Crippen LogP) is 1.63. The number of primary amides is 2. The van der Waals surface area contributed by atoms with E-state index in [-0.39, 0.29) is 12.3 Å². The molecule has 2 amide bonds. The Morgan fingerprint density at radius 1 is 1.17 bits per heavy atom. The van der Waals surface area contributed by atoms with E-state index in [1.165, 1.54) is 6.20 Å². The zero-order valence-corrected chi connectivity index (χ0v) is 16.0. The molecule has 3 aromatic rings. The van der Waals surface area contributed by atoms with Gasteiger partial charge in [-0.15, -0.1) is 0 Å². The normalized spacial score (nSPS) is 10.7. The molecule has 0 saturated heterocycles. The fourth-order valence-electron chi connectivity index (χ4n) is 2.93. The molecule has 0 saturated carbocycles. The van der Waals surface area contributed by atoms with Crippen LogP contribution in [0, 0.1) is 0 Å². The largest absolute Gasteiger partial charge is 0.482 e. The number of nitrogens with zero attached hydrogens (tertiary/aromatic N) is 4. The van der Waals surface area contributed by atoms with Gasteiger partial charge in [0.1, 0.15) is 5.75 Å². The van der Waals surface area contributed by atoms with E-state index in [2.05, 4.69) is 22.0 Å². The van der Waals surface area contributed by atoms with Gasteiger partial charge in [0.05, 0.1) is 29.5 Å². The molecule has 4 N–H and O–H groups in total. The summed E-state index contributed by atoms with van der Waals surface area (Å²) in [5, 5.41) is 4.46. The molecular weight excluding hydrogens is 372 g/mol. The lowest BCUT2D eigenvalue weighted by Gasteiger charge is -2.10. The van der Waals surface area contributed by atoms with Gasteiger partial charge in [-0.1, -0.05) is 13.3 Å². The van der Waals surface area contributed by atoms with Crippen LogP contribution in [0.3, 0.4) is 0 Å². The van der Waals surface area contributed by atoms with Crippen molar-refractivity contribution in [3.8, 4) is 22.8 Å². The first-order chi connectivity index (χ1) is 14.0. The quantitative estimate of drug-likeness (QED) is 0.565. The Kier molecular flexibility index (Phi) is 6.18. The standard InChI is InChI=1S/C20H22N6O3/c1-2-3-6-15-18(20(22)28)25-26(13-5-4-9-23-10-13)19(15)16-8-7-14(11-24-16)29-12-17(21)27/h4-5,7-11H,2-3,6,12H2,1H3,(H2,21,27)(H2,22,28). The van der Waals surface area contributed by atoms with Crippen LogP contribution < -0.4 is 16.2 Å². The number of hydrogen-bond acceptors (Lipinski definition) is 6. The molecular formula is C20H22N6O3. The molecule has 0 spiro atoms. The predicted molar refractivity (Wildman–Crippen MR) is 106 cm³/mol. The average molecular weight is 394 g/mol. The molecule has 9 heteroatoms. The highest BCUT2D eigenvalue weighted by molar-refractivity contribution is 5.94. The summed E-state index contributed by atoms with van der Waals surface area (Å²) in [5.41, 5.74) is 13.6. The van der Waals surface area contributed by atoms with Crippen LogP contribution in [-0.2, 0) is 11.2 Å². The van der Waals surface area contributed by atoms with Gasteiger partial charge in [-0.05, 0) is 37.1 Å². The topological polar surface area (TPSA) is 139 Å². The lowest BCUT2D eigenvalue weighted by molar-refractivity contribution is -0.119. The van der Waals surface area contributed by atoms with Crippen LogP contribution >= 0.6 is 0 Å². The van der Waals surface area contributed by atoms with Gasteiger partial charge >= 0.3 is 0 Å². The van der Waals surface area contributed by atoms with E-state index in [0.717, 1.165) is 18.4 Å². The summed E-state index contributed by atoms with van der Waals surface area (Å²) >= 11 is 0. The fourth-order valence-corrected chi connectivity index (χ4v) is 2.93. The third-order valence-electron chi connectivity index (χ3n) is 4.25. The molecule has 29 heavy (non-hydrogen) atoms. The molecule has 3 rings (SSSR count). The summed E-state index contributed by atoms with van der Waals surface area (Å²) in [7, 11) is 0. The number of carbonyl (C=O) groups excluding carboxylic acids is 2. The van der Waals surface area contributed by atoms with E-state index in [4.69, 9.17) is 16.2 Å². The number of hydrogen-bond donors (Lipinski definition) is 2. The average Bonchev–Trinajstić information content (AvgIpc) is 3.11. The van der Waals surface area contributed by atoms with Crippen molar-refractivity contribution >= 4 is 11.8 Å². The van der Waals surface area contributed by atoms with Gasteiger partial charge in [-0.2, -0.15) is 5.10 Å². The summed E-state index contributed by atoms with van der Waals surface area (Å²) < 4.78 is 6.90. The van der Waals surface area contributed by atoms with Crippen molar-refractivity contribution in [1.29, 1.82) is 0 Å². The summed E-state index contributed by atoms with van der Waals surface area (Å²) in [6.07, 6.45) is 7.24. The maximum absolute atomic E-state index is 12.1. The van der Waals surface area contributed by atoms with Gasteiger partial charge in [0.15, 0.2) is 12.3 Å². The Morgan fingerprint density at radius 3 is 2.59 bits per heavy atom. The number of ether oxygens (including phenoxy) is 1. The van der Waals surface area contributed by atoms with Gasteiger partial charge in [-0.3, -0.25) is 19.6 Å². The Labute approximate surface area is 167 Å². The van der Waals surface area contributed by atoms with Crippen molar-refractivity contribution in [3.63, 3.8) is 0 Å². The second-order valence-corrected chi connectivity index (χ2v) is 6.40. The van der Waals surface area contributed by atoms with E-state index in [1.54, 1.807) is 35.3 Å². The van der Waals surface area contributed by atoms with Crippen LogP contribution in [0.1, 0.15) is 35.8 Å². The molecule has 0 aliphatic rings. The van der Waals surface area contributed by atoms with Crippen molar-refractivity contribution < 1.29 is 14.3 Å². The minimum absolute atomic E-state index is 0.216. The van der Waals surface area contributed by atoms with Crippen molar-refractivity contribution in [3.05, 3.63) is 54.1 Å². The molecule has 9 nitrogen and oxygen atoms in total. The lowest BCUT2D eigenvalue weighted by atomic mass is 10.0. The van der Waals surface area contributed by atoms with Gasteiger partial charge < -0.3 is 16.2 Å². The number of nitrogens with two attached hydrogens (primary N) is 2. The van der Waals surface area contributed by atoms with E-state index in [0.29, 0.717) is 29.2 Å². The minimum atomic E-state index is -0.596. The summed E-state index contributed by atoms with van der Waals surface area (Å²) in [6.45, 7) is 1.83. The highest BCUT2D eigenvalue weighted by Gasteiger charge is 2.24. The molecule has 3 aromatic heterocycles. The molecule has 0 aromatic carbocycles. The first-order valence-electron chi connectivity index (χ1n) is 9.21. The van der Waals surface area contributed by atoms with Crippen LogP contribution in [0.25, 0.3) is 17.1 Å². The molecule has 0 unspecified atom stereocenters. The highest BCUT2D eigenvalue weighted by Crippen LogP contribution is 2.30. The Balaban J connectivity index is 2.11. The lowest BCUT2D eigenvalue weighted by Crippen LogP contribution is -2.20. The highest BCUT2D eigenvalue weighted by atomic mass is 16.5. The molecule has 0 aliphatic heterocycles. The number of pyridine rings is 2. The molecule has 0 aliphatic carbocycles. The first-order valence-corrected chi connectivity index (χ1v) is 9.21.